The largest absolute Gasteiger partial charge is 0.329 e. The van der Waals surface area contributed by atoms with Crippen LogP contribution in [0.1, 0.15) is 45.2 Å². The van der Waals surface area contributed by atoms with E-state index in [0.717, 1.165) is 12.5 Å². The lowest BCUT2D eigenvalue weighted by molar-refractivity contribution is 0.0848. The monoisotopic (exact) mass is 266 g/mol. The Labute approximate surface area is 115 Å². The molecule has 0 saturated carbocycles. The number of nitrogens with two attached hydrogens (primary N) is 1. The molecule has 1 aliphatic heterocycles. The maximum Gasteiger partial charge on any atom is 0.0478 e. The van der Waals surface area contributed by atoms with Gasteiger partial charge in [-0.25, -0.2) is 0 Å². The topological polar surface area (TPSA) is 29.3 Å². The van der Waals surface area contributed by atoms with Crippen LogP contribution in [0.4, 0.5) is 0 Å². The molecule has 2 N–H and O–H groups in total. The van der Waals surface area contributed by atoms with Crippen molar-refractivity contribution in [1.29, 1.82) is 0 Å². The molecular weight excluding hydrogens is 240 g/mol. The molecule has 1 saturated heterocycles. The van der Waals surface area contributed by atoms with E-state index in [1.807, 2.05) is 0 Å². The standard InChI is InChI=1S/C15H26N2S/c1-15(2,3)13-4-7-17(8-5-13)14(10-16)12-6-9-18-11-12/h6,9,11,13-14H,4-5,7-8,10,16H2,1-3H3. The van der Waals surface area contributed by atoms with Crippen LogP contribution in [-0.4, -0.2) is 24.5 Å². The van der Waals surface area contributed by atoms with E-state index in [9.17, 15) is 0 Å². The molecule has 1 fully saturated rings. The fourth-order valence-corrected chi connectivity index (χ4v) is 3.74. The number of hydrogen-bond acceptors (Lipinski definition) is 3. The number of thiophene rings is 1. The second kappa shape index (κ2) is 5.72. The Hall–Kier alpha value is -0.380. The van der Waals surface area contributed by atoms with Crippen LogP contribution in [-0.2, 0) is 0 Å². The summed E-state index contributed by atoms with van der Waals surface area (Å²) in [5.74, 6) is 0.856. The molecule has 0 bridgehead atoms. The van der Waals surface area contributed by atoms with Crippen LogP contribution in [0.2, 0.25) is 0 Å². The summed E-state index contributed by atoms with van der Waals surface area (Å²) in [4.78, 5) is 2.57. The van der Waals surface area contributed by atoms with Gasteiger partial charge in [-0.3, -0.25) is 4.90 Å². The van der Waals surface area contributed by atoms with Gasteiger partial charge in [-0.15, -0.1) is 0 Å². The molecule has 1 aromatic heterocycles. The van der Waals surface area contributed by atoms with E-state index in [4.69, 9.17) is 5.73 Å². The molecule has 2 heterocycles. The van der Waals surface area contributed by atoms with Gasteiger partial charge >= 0.3 is 0 Å². The first-order valence-corrected chi connectivity index (χ1v) is 7.93. The Morgan fingerprint density at radius 2 is 2.06 bits per heavy atom. The summed E-state index contributed by atoms with van der Waals surface area (Å²) in [6.07, 6.45) is 2.62. The number of rotatable bonds is 3. The lowest BCUT2D eigenvalue weighted by atomic mass is 9.75. The molecule has 2 nitrogen and oxygen atoms in total. The van der Waals surface area contributed by atoms with E-state index >= 15 is 0 Å². The summed E-state index contributed by atoms with van der Waals surface area (Å²) >= 11 is 1.77. The zero-order chi connectivity index (χ0) is 13.2. The van der Waals surface area contributed by atoms with Gasteiger partial charge in [0, 0.05) is 12.6 Å². The molecule has 3 heteroatoms. The quantitative estimate of drug-likeness (QED) is 0.907. The first-order valence-electron chi connectivity index (χ1n) is 6.98. The van der Waals surface area contributed by atoms with Crippen molar-refractivity contribution < 1.29 is 0 Å². The third-order valence-electron chi connectivity index (χ3n) is 4.35. The SMILES string of the molecule is CC(C)(C)C1CCN(C(CN)c2ccsc2)CC1. The minimum Gasteiger partial charge on any atom is -0.329 e. The van der Waals surface area contributed by atoms with Gasteiger partial charge in [0.05, 0.1) is 0 Å². The molecule has 1 aliphatic rings. The van der Waals surface area contributed by atoms with Crippen molar-refractivity contribution >= 4 is 11.3 Å². The molecule has 0 radical (unpaired) electrons. The van der Waals surface area contributed by atoms with Crippen molar-refractivity contribution in [3.63, 3.8) is 0 Å². The van der Waals surface area contributed by atoms with E-state index in [1.165, 1.54) is 31.5 Å². The summed E-state index contributed by atoms with van der Waals surface area (Å²) in [5.41, 5.74) is 7.83. The molecular formula is C15H26N2S. The Morgan fingerprint density at radius 3 is 2.50 bits per heavy atom. The minimum atomic E-state index is 0.428. The van der Waals surface area contributed by atoms with Gasteiger partial charge in [-0.05, 0) is 59.7 Å². The van der Waals surface area contributed by atoms with Gasteiger partial charge < -0.3 is 5.73 Å². The number of likely N-dealkylation sites (tertiary alicyclic amines) is 1. The second-order valence-electron chi connectivity index (χ2n) is 6.48. The molecule has 1 aromatic rings. The van der Waals surface area contributed by atoms with Crippen molar-refractivity contribution in [1.82, 2.24) is 4.90 Å². The van der Waals surface area contributed by atoms with E-state index in [-0.39, 0.29) is 0 Å². The van der Waals surface area contributed by atoms with Crippen LogP contribution in [0.3, 0.4) is 0 Å². The van der Waals surface area contributed by atoms with Crippen LogP contribution >= 0.6 is 11.3 Å². The Bertz CT molecular complexity index is 345. The van der Waals surface area contributed by atoms with Gasteiger partial charge in [0.25, 0.3) is 0 Å². The zero-order valence-corrected chi connectivity index (χ0v) is 12.7. The van der Waals surface area contributed by atoms with Crippen LogP contribution in [0.25, 0.3) is 0 Å². The molecule has 1 atom stereocenters. The third kappa shape index (κ3) is 3.14. The summed E-state index contributed by atoms with van der Waals surface area (Å²) in [7, 11) is 0. The number of hydrogen-bond donors (Lipinski definition) is 1. The number of nitrogens with zero attached hydrogens (tertiary/aromatic N) is 1. The van der Waals surface area contributed by atoms with Gasteiger partial charge in [0.1, 0.15) is 0 Å². The molecule has 102 valence electrons. The molecule has 1 unspecified atom stereocenters. The molecule has 0 aliphatic carbocycles. The summed E-state index contributed by atoms with van der Waals surface area (Å²) in [6.45, 7) is 10.2. The Kier molecular flexibility index (Phi) is 4.46. The maximum absolute atomic E-state index is 5.98. The van der Waals surface area contributed by atoms with Crippen LogP contribution < -0.4 is 5.73 Å². The molecule has 18 heavy (non-hydrogen) atoms. The van der Waals surface area contributed by atoms with E-state index in [0.29, 0.717) is 11.5 Å². The lowest BCUT2D eigenvalue weighted by Crippen LogP contribution is -2.42. The second-order valence-corrected chi connectivity index (χ2v) is 7.26. The third-order valence-corrected chi connectivity index (χ3v) is 5.05. The highest BCUT2D eigenvalue weighted by Gasteiger charge is 2.31. The first-order chi connectivity index (χ1) is 8.52. The van der Waals surface area contributed by atoms with E-state index in [1.54, 1.807) is 11.3 Å². The van der Waals surface area contributed by atoms with Crippen LogP contribution in [0.5, 0.6) is 0 Å². The smallest absolute Gasteiger partial charge is 0.0478 e. The van der Waals surface area contributed by atoms with Crippen molar-refractivity contribution in [3.8, 4) is 0 Å². The van der Waals surface area contributed by atoms with Gasteiger partial charge in [0.2, 0.25) is 0 Å². The molecule has 0 spiro atoms. The molecule has 2 rings (SSSR count). The van der Waals surface area contributed by atoms with Crippen molar-refractivity contribution in [2.75, 3.05) is 19.6 Å². The van der Waals surface area contributed by atoms with Crippen LogP contribution in [0, 0.1) is 11.3 Å². The normalized spacial score (nSPS) is 21.1. The van der Waals surface area contributed by atoms with Gasteiger partial charge in [0.15, 0.2) is 0 Å². The highest BCUT2D eigenvalue weighted by Crippen LogP contribution is 2.36. The predicted octanol–water partition coefficient (Wildman–Crippen LogP) is 3.51. The van der Waals surface area contributed by atoms with Crippen molar-refractivity contribution in [2.24, 2.45) is 17.1 Å². The van der Waals surface area contributed by atoms with Crippen molar-refractivity contribution in [2.45, 2.75) is 39.7 Å². The summed E-state index contributed by atoms with van der Waals surface area (Å²) in [5, 5.41) is 4.40. The predicted molar refractivity (Wildman–Crippen MR) is 79.9 cm³/mol. The molecule has 0 aromatic carbocycles. The fourth-order valence-electron chi connectivity index (χ4n) is 3.04. The van der Waals surface area contributed by atoms with E-state index < -0.39 is 0 Å². The van der Waals surface area contributed by atoms with Gasteiger partial charge in [-0.1, -0.05) is 20.8 Å². The average Bonchev–Trinajstić information content (AvgIpc) is 2.83. The highest BCUT2D eigenvalue weighted by atomic mass is 32.1. The number of piperidine rings is 1. The van der Waals surface area contributed by atoms with Gasteiger partial charge in [-0.2, -0.15) is 11.3 Å². The summed E-state index contributed by atoms with van der Waals surface area (Å²) in [6, 6.07) is 2.65. The van der Waals surface area contributed by atoms with Crippen LogP contribution in [0.15, 0.2) is 16.8 Å². The maximum atomic E-state index is 5.98. The molecule has 0 amide bonds. The Morgan fingerprint density at radius 1 is 1.39 bits per heavy atom. The highest BCUT2D eigenvalue weighted by molar-refractivity contribution is 7.07. The lowest BCUT2D eigenvalue weighted by Gasteiger charge is -2.41. The summed E-state index contributed by atoms with van der Waals surface area (Å²) < 4.78 is 0. The Balaban J connectivity index is 1.96. The van der Waals surface area contributed by atoms with E-state index in [2.05, 4.69) is 42.5 Å². The first kappa shape index (κ1) is 14.0. The van der Waals surface area contributed by atoms with Crippen molar-refractivity contribution in [3.05, 3.63) is 22.4 Å². The minimum absolute atomic E-state index is 0.428. The fraction of sp³-hybridized carbons (Fsp3) is 0.733. The average molecular weight is 266 g/mol. The zero-order valence-electron chi connectivity index (χ0n) is 11.9.